The fraction of sp³-hybridized carbons (Fsp3) is 0.308. The number of benzene rings is 1. The molecule has 0 atom stereocenters. The van der Waals surface area contributed by atoms with Gasteiger partial charge in [0.05, 0.1) is 10.2 Å². The fourth-order valence-corrected chi connectivity index (χ4v) is 2.96. The third-order valence-electron chi connectivity index (χ3n) is 3.40. The molecule has 1 aliphatic rings. The van der Waals surface area contributed by atoms with Crippen molar-refractivity contribution in [2.45, 2.75) is 0 Å². The van der Waals surface area contributed by atoms with E-state index >= 15 is 0 Å². The second-order valence-corrected chi connectivity index (χ2v) is 5.84. The number of fused-ring (bicyclic) bond motifs is 1. The minimum atomic E-state index is -0.125. The molecule has 1 fully saturated rings. The van der Waals surface area contributed by atoms with Crippen LogP contribution in [0, 0.1) is 0 Å². The molecule has 0 aliphatic carbocycles. The van der Waals surface area contributed by atoms with Gasteiger partial charge in [-0.1, -0.05) is 11.3 Å². The van der Waals surface area contributed by atoms with Gasteiger partial charge in [0.25, 0.3) is 5.91 Å². The Bertz CT molecular complexity index is 697. The molecule has 104 valence electrons. The molecule has 0 saturated carbocycles. The van der Waals surface area contributed by atoms with E-state index in [0.717, 1.165) is 10.2 Å². The lowest BCUT2D eigenvalue weighted by Gasteiger charge is -2.32. The minimum Gasteiger partial charge on any atom is -0.375 e. The van der Waals surface area contributed by atoms with Gasteiger partial charge in [0.2, 0.25) is 5.91 Å². The Morgan fingerprint density at radius 2 is 2.20 bits per heavy atom. The maximum absolute atomic E-state index is 12.4. The molecular formula is C13H14N4O2S. The number of carbonyl (C=O) groups excluding carboxylic acids is 2. The van der Waals surface area contributed by atoms with Crippen molar-refractivity contribution < 1.29 is 9.59 Å². The van der Waals surface area contributed by atoms with E-state index in [1.165, 1.54) is 11.3 Å². The number of likely N-dealkylation sites (N-methyl/N-ethyl adjacent to an activating group) is 1. The zero-order chi connectivity index (χ0) is 14.3. The molecule has 1 saturated heterocycles. The van der Waals surface area contributed by atoms with Crippen molar-refractivity contribution >= 4 is 38.5 Å². The molecule has 2 amide bonds. The summed E-state index contributed by atoms with van der Waals surface area (Å²) in [5, 5.41) is 0.486. The number of piperazine rings is 1. The second kappa shape index (κ2) is 4.75. The number of nitrogen functional groups attached to an aromatic ring is 1. The number of anilines is 1. The summed E-state index contributed by atoms with van der Waals surface area (Å²) in [6.07, 6.45) is 0. The van der Waals surface area contributed by atoms with Crippen LogP contribution in [0.3, 0.4) is 0 Å². The predicted octanol–water partition coefficient (Wildman–Crippen LogP) is 0.793. The van der Waals surface area contributed by atoms with Crippen LogP contribution in [0.4, 0.5) is 5.13 Å². The van der Waals surface area contributed by atoms with Crippen LogP contribution >= 0.6 is 11.3 Å². The van der Waals surface area contributed by atoms with Gasteiger partial charge < -0.3 is 15.5 Å². The molecule has 20 heavy (non-hydrogen) atoms. The van der Waals surface area contributed by atoms with Crippen LogP contribution in [-0.2, 0) is 4.79 Å². The predicted molar refractivity (Wildman–Crippen MR) is 77.6 cm³/mol. The van der Waals surface area contributed by atoms with Crippen molar-refractivity contribution in [3.8, 4) is 0 Å². The number of nitrogens with two attached hydrogens (primary N) is 1. The van der Waals surface area contributed by atoms with Gasteiger partial charge in [-0.05, 0) is 18.2 Å². The highest BCUT2D eigenvalue weighted by atomic mass is 32.1. The SMILES string of the molecule is CN1CCN(C(=O)c2ccc3nc(N)sc3c2)CC1=O. The van der Waals surface area contributed by atoms with Gasteiger partial charge in [-0.2, -0.15) is 0 Å². The maximum Gasteiger partial charge on any atom is 0.254 e. The molecule has 2 aromatic rings. The van der Waals surface area contributed by atoms with Crippen LogP contribution < -0.4 is 5.73 Å². The molecule has 1 aromatic carbocycles. The van der Waals surface area contributed by atoms with Crippen LogP contribution in [0.25, 0.3) is 10.2 Å². The molecule has 0 unspecified atom stereocenters. The largest absolute Gasteiger partial charge is 0.375 e. The lowest BCUT2D eigenvalue weighted by Crippen LogP contribution is -2.50. The summed E-state index contributed by atoms with van der Waals surface area (Å²) in [5.74, 6) is -0.159. The summed E-state index contributed by atoms with van der Waals surface area (Å²) in [4.78, 5) is 31.4. The molecule has 3 rings (SSSR count). The first-order valence-corrected chi connectivity index (χ1v) is 7.05. The number of carbonyl (C=O) groups is 2. The molecule has 0 spiro atoms. The highest BCUT2D eigenvalue weighted by Crippen LogP contribution is 2.25. The van der Waals surface area contributed by atoms with E-state index in [1.54, 1.807) is 35.0 Å². The van der Waals surface area contributed by atoms with Crippen LogP contribution in [0.1, 0.15) is 10.4 Å². The molecule has 7 heteroatoms. The third kappa shape index (κ3) is 2.20. The summed E-state index contributed by atoms with van der Waals surface area (Å²) < 4.78 is 0.883. The van der Waals surface area contributed by atoms with Crippen molar-refractivity contribution in [1.29, 1.82) is 0 Å². The van der Waals surface area contributed by atoms with E-state index in [1.807, 2.05) is 0 Å². The lowest BCUT2D eigenvalue weighted by atomic mass is 10.1. The molecule has 0 radical (unpaired) electrons. The first-order valence-electron chi connectivity index (χ1n) is 6.24. The summed E-state index contributed by atoms with van der Waals surface area (Å²) in [7, 11) is 1.75. The first kappa shape index (κ1) is 12.9. The van der Waals surface area contributed by atoms with Gasteiger partial charge in [-0.3, -0.25) is 9.59 Å². The van der Waals surface area contributed by atoms with Crippen LogP contribution in [0.2, 0.25) is 0 Å². The number of nitrogens with zero attached hydrogens (tertiary/aromatic N) is 3. The summed E-state index contributed by atoms with van der Waals surface area (Å²) in [6, 6.07) is 5.30. The summed E-state index contributed by atoms with van der Waals surface area (Å²) in [6.45, 7) is 1.27. The van der Waals surface area contributed by atoms with Crippen LogP contribution in [-0.4, -0.2) is 53.3 Å². The van der Waals surface area contributed by atoms with Crippen molar-refractivity contribution in [3.05, 3.63) is 23.8 Å². The van der Waals surface area contributed by atoms with Gasteiger partial charge >= 0.3 is 0 Å². The smallest absolute Gasteiger partial charge is 0.254 e. The molecule has 6 nitrogen and oxygen atoms in total. The van der Waals surface area contributed by atoms with Gasteiger partial charge in [0.1, 0.15) is 6.54 Å². The Morgan fingerprint density at radius 1 is 1.40 bits per heavy atom. The van der Waals surface area contributed by atoms with Crippen molar-refractivity contribution in [3.63, 3.8) is 0 Å². The van der Waals surface area contributed by atoms with E-state index in [0.29, 0.717) is 23.8 Å². The first-order chi connectivity index (χ1) is 9.54. The number of hydrogen-bond acceptors (Lipinski definition) is 5. The van der Waals surface area contributed by atoms with E-state index in [2.05, 4.69) is 4.98 Å². The second-order valence-electron chi connectivity index (χ2n) is 4.78. The van der Waals surface area contributed by atoms with E-state index in [4.69, 9.17) is 5.73 Å². The average Bonchev–Trinajstić information content (AvgIpc) is 2.80. The number of rotatable bonds is 1. The normalized spacial score (nSPS) is 15.9. The molecule has 1 aliphatic heterocycles. The van der Waals surface area contributed by atoms with Crippen molar-refractivity contribution in [2.75, 3.05) is 32.4 Å². The quantitative estimate of drug-likeness (QED) is 0.842. The van der Waals surface area contributed by atoms with E-state index in [-0.39, 0.29) is 18.4 Å². The Balaban J connectivity index is 1.86. The molecule has 2 heterocycles. The maximum atomic E-state index is 12.4. The molecule has 2 N–H and O–H groups in total. The van der Waals surface area contributed by atoms with E-state index < -0.39 is 0 Å². The molecule has 0 bridgehead atoms. The summed E-state index contributed by atoms with van der Waals surface area (Å²) >= 11 is 1.35. The average molecular weight is 290 g/mol. The monoisotopic (exact) mass is 290 g/mol. The van der Waals surface area contributed by atoms with Crippen molar-refractivity contribution in [1.82, 2.24) is 14.8 Å². The Kier molecular flexibility index (Phi) is 3.06. The topological polar surface area (TPSA) is 79.5 Å². The molecule has 1 aromatic heterocycles. The Labute approximate surface area is 119 Å². The standard InChI is InChI=1S/C13H14N4O2S/c1-16-4-5-17(7-11(16)18)12(19)8-2-3-9-10(6-8)20-13(14)15-9/h2-3,6H,4-5,7H2,1H3,(H2,14,15). The van der Waals surface area contributed by atoms with Gasteiger partial charge in [-0.15, -0.1) is 0 Å². The Hall–Kier alpha value is -2.15. The zero-order valence-corrected chi connectivity index (χ0v) is 11.8. The fourth-order valence-electron chi connectivity index (χ4n) is 2.19. The van der Waals surface area contributed by atoms with Gasteiger partial charge in [-0.25, -0.2) is 4.98 Å². The van der Waals surface area contributed by atoms with Gasteiger partial charge in [0, 0.05) is 25.7 Å². The highest BCUT2D eigenvalue weighted by molar-refractivity contribution is 7.22. The van der Waals surface area contributed by atoms with Crippen molar-refractivity contribution in [2.24, 2.45) is 0 Å². The minimum absolute atomic E-state index is 0.0345. The van der Waals surface area contributed by atoms with Crippen LogP contribution in [0.5, 0.6) is 0 Å². The Morgan fingerprint density at radius 3 is 2.95 bits per heavy atom. The van der Waals surface area contributed by atoms with Crippen LogP contribution in [0.15, 0.2) is 18.2 Å². The van der Waals surface area contributed by atoms with Gasteiger partial charge in [0.15, 0.2) is 5.13 Å². The molecular weight excluding hydrogens is 276 g/mol. The van der Waals surface area contributed by atoms with E-state index in [9.17, 15) is 9.59 Å². The lowest BCUT2D eigenvalue weighted by molar-refractivity contribution is -0.133. The zero-order valence-electron chi connectivity index (χ0n) is 11.0. The number of amides is 2. The summed E-state index contributed by atoms with van der Waals surface area (Å²) in [5.41, 5.74) is 7.01. The third-order valence-corrected chi connectivity index (χ3v) is 4.24. The highest BCUT2D eigenvalue weighted by Gasteiger charge is 2.25. The number of thiazole rings is 1. The number of hydrogen-bond donors (Lipinski definition) is 1. The number of aromatic nitrogens is 1.